The fourth-order valence-corrected chi connectivity index (χ4v) is 2.93. The molecule has 0 heterocycles. The van der Waals surface area contributed by atoms with Crippen LogP contribution in [-0.4, -0.2) is 21.6 Å². The van der Waals surface area contributed by atoms with Gasteiger partial charge < -0.3 is 8.85 Å². The zero-order valence-corrected chi connectivity index (χ0v) is 10.6. The molecule has 0 saturated heterocycles. The molecule has 0 aliphatic carbocycles. The lowest BCUT2D eigenvalue weighted by Gasteiger charge is -2.24. The number of carbonyl (C=O) groups is 1. The van der Waals surface area contributed by atoms with Crippen LogP contribution in [0.5, 0.6) is 0 Å². The van der Waals surface area contributed by atoms with Crippen molar-refractivity contribution in [3.05, 3.63) is 12.2 Å². The van der Waals surface area contributed by atoms with E-state index in [9.17, 15) is 4.79 Å². The fraction of sp³-hybridized carbons (Fsp3) is 0.700. The molecule has 0 aromatic carbocycles. The minimum absolute atomic E-state index is 0.336. The van der Waals surface area contributed by atoms with Crippen molar-refractivity contribution in [1.82, 2.24) is 0 Å². The first-order valence-electron chi connectivity index (χ1n) is 4.89. The molecule has 1 atom stereocenters. The zero-order chi connectivity index (χ0) is 11.2. The van der Waals surface area contributed by atoms with Crippen LogP contribution in [0.2, 0.25) is 12.6 Å². The van der Waals surface area contributed by atoms with Crippen molar-refractivity contribution < 1.29 is 13.6 Å². The first-order valence-corrected chi connectivity index (χ1v) is 7.41. The summed E-state index contributed by atoms with van der Waals surface area (Å²) in [6.07, 6.45) is 2.11. The molecule has 1 unspecified atom stereocenters. The van der Waals surface area contributed by atoms with Crippen molar-refractivity contribution in [1.29, 1.82) is 0 Å². The van der Waals surface area contributed by atoms with Crippen molar-refractivity contribution in [3.8, 4) is 0 Å². The van der Waals surface area contributed by atoms with Crippen molar-refractivity contribution >= 4 is 14.5 Å². The van der Waals surface area contributed by atoms with Gasteiger partial charge in [0.2, 0.25) is 0 Å². The molecule has 14 heavy (non-hydrogen) atoms. The highest BCUT2D eigenvalue weighted by molar-refractivity contribution is 6.67. The fourth-order valence-electron chi connectivity index (χ4n) is 0.976. The lowest BCUT2D eigenvalue weighted by molar-refractivity contribution is -0.132. The second-order valence-electron chi connectivity index (χ2n) is 3.61. The molecule has 0 aliphatic rings. The predicted octanol–water partition coefficient (Wildman–Crippen LogP) is 2.62. The maximum Gasteiger partial charge on any atom is 0.398 e. The molecule has 0 spiro atoms. The monoisotopic (exact) mass is 216 g/mol. The Kier molecular flexibility index (Phi) is 5.72. The van der Waals surface area contributed by atoms with Crippen LogP contribution in [0.15, 0.2) is 12.2 Å². The highest BCUT2D eigenvalue weighted by Gasteiger charge is 2.33. The molecule has 0 radical (unpaired) electrons. The molecule has 0 aromatic heterocycles. The maximum atomic E-state index is 11.3. The third-order valence-corrected chi connectivity index (χ3v) is 4.82. The molecule has 0 bridgehead atoms. The molecule has 0 saturated carbocycles. The van der Waals surface area contributed by atoms with Gasteiger partial charge in [-0.2, -0.15) is 0 Å². The van der Waals surface area contributed by atoms with Gasteiger partial charge in [0.1, 0.15) is 0 Å². The third-order valence-electron chi connectivity index (χ3n) is 2.07. The Morgan fingerprint density at radius 3 is 2.43 bits per heavy atom. The Morgan fingerprint density at radius 1 is 1.50 bits per heavy atom. The van der Waals surface area contributed by atoms with E-state index in [2.05, 4.69) is 13.5 Å². The van der Waals surface area contributed by atoms with Crippen LogP contribution in [0.3, 0.4) is 0 Å². The van der Waals surface area contributed by atoms with Crippen LogP contribution in [-0.2, 0) is 13.6 Å². The zero-order valence-electron chi connectivity index (χ0n) is 9.55. The molecule has 0 aliphatic heterocycles. The lowest BCUT2D eigenvalue weighted by Crippen LogP contribution is -2.39. The van der Waals surface area contributed by atoms with E-state index in [1.165, 1.54) is 0 Å². The van der Waals surface area contributed by atoms with E-state index in [0.29, 0.717) is 5.57 Å². The minimum Gasteiger partial charge on any atom is -0.491 e. The highest BCUT2D eigenvalue weighted by Crippen LogP contribution is 2.17. The number of carbonyl (C=O) groups excluding carboxylic acids is 1. The van der Waals surface area contributed by atoms with Gasteiger partial charge in [0.15, 0.2) is 0 Å². The van der Waals surface area contributed by atoms with Gasteiger partial charge in [0.25, 0.3) is 0 Å². The van der Waals surface area contributed by atoms with E-state index in [1.54, 1.807) is 14.0 Å². The van der Waals surface area contributed by atoms with Gasteiger partial charge in [0, 0.05) is 18.7 Å². The van der Waals surface area contributed by atoms with E-state index in [0.717, 1.165) is 18.9 Å². The molecule has 3 nitrogen and oxygen atoms in total. The molecular weight excluding hydrogens is 196 g/mol. The van der Waals surface area contributed by atoms with Crippen LogP contribution in [0.4, 0.5) is 0 Å². The Hall–Kier alpha value is -0.613. The van der Waals surface area contributed by atoms with Gasteiger partial charge >= 0.3 is 14.5 Å². The van der Waals surface area contributed by atoms with Crippen molar-refractivity contribution in [2.24, 2.45) is 0 Å². The predicted molar refractivity (Wildman–Crippen MR) is 59.2 cm³/mol. The second kappa shape index (κ2) is 5.98. The summed E-state index contributed by atoms with van der Waals surface area (Å²) >= 11 is 0. The molecule has 0 N–H and O–H groups in total. The van der Waals surface area contributed by atoms with Gasteiger partial charge in [0.05, 0.1) is 0 Å². The van der Waals surface area contributed by atoms with E-state index >= 15 is 0 Å². The first-order chi connectivity index (χ1) is 6.45. The average Bonchev–Trinajstić information content (AvgIpc) is 2.14. The van der Waals surface area contributed by atoms with Crippen LogP contribution in [0, 0.1) is 0 Å². The molecule has 0 amide bonds. The Labute approximate surface area is 87.4 Å². The summed E-state index contributed by atoms with van der Waals surface area (Å²) < 4.78 is 10.6. The van der Waals surface area contributed by atoms with Gasteiger partial charge in [-0.25, -0.2) is 4.79 Å². The largest absolute Gasteiger partial charge is 0.491 e. The summed E-state index contributed by atoms with van der Waals surface area (Å²) in [5.74, 6) is -0.336. The molecule has 82 valence electrons. The van der Waals surface area contributed by atoms with E-state index in [-0.39, 0.29) is 5.97 Å². The lowest BCUT2D eigenvalue weighted by atomic mass is 10.4. The second-order valence-corrected chi connectivity index (χ2v) is 6.99. The quantitative estimate of drug-likeness (QED) is 0.506. The highest BCUT2D eigenvalue weighted by atomic mass is 28.4. The summed E-state index contributed by atoms with van der Waals surface area (Å²) in [5, 5.41) is 0. The average molecular weight is 216 g/mol. The maximum absolute atomic E-state index is 11.3. The Morgan fingerprint density at radius 2 is 2.07 bits per heavy atom. The molecule has 0 rings (SSSR count). The molecule has 4 heteroatoms. The summed E-state index contributed by atoms with van der Waals surface area (Å²) in [4.78, 5) is 11.3. The molecule has 0 fully saturated rings. The van der Waals surface area contributed by atoms with Gasteiger partial charge in [-0.15, -0.1) is 0 Å². The topological polar surface area (TPSA) is 35.5 Å². The van der Waals surface area contributed by atoms with Gasteiger partial charge in [-0.3, -0.25) is 0 Å². The first kappa shape index (κ1) is 13.4. The third kappa shape index (κ3) is 4.57. The number of hydrogen-bond acceptors (Lipinski definition) is 3. The number of hydrogen-bond donors (Lipinski definition) is 0. The van der Waals surface area contributed by atoms with Crippen LogP contribution in [0.25, 0.3) is 0 Å². The Balaban J connectivity index is 4.24. The van der Waals surface area contributed by atoms with E-state index in [4.69, 9.17) is 8.85 Å². The summed E-state index contributed by atoms with van der Waals surface area (Å²) in [6.45, 7) is 9.20. The number of unbranched alkanes of at least 4 members (excludes halogenated alkanes) is 1. The summed E-state index contributed by atoms with van der Waals surface area (Å²) in [6, 6.07) is 0.846. The summed E-state index contributed by atoms with van der Waals surface area (Å²) in [5.41, 5.74) is 0.428. The van der Waals surface area contributed by atoms with Gasteiger partial charge in [-0.1, -0.05) is 26.3 Å². The van der Waals surface area contributed by atoms with Crippen molar-refractivity contribution in [2.45, 2.75) is 39.3 Å². The minimum atomic E-state index is -2.28. The van der Waals surface area contributed by atoms with Crippen LogP contribution < -0.4 is 0 Å². The summed E-state index contributed by atoms with van der Waals surface area (Å²) in [7, 11) is -0.676. The van der Waals surface area contributed by atoms with Crippen molar-refractivity contribution in [2.75, 3.05) is 7.11 Å². The van der Waals surface area contributed by atoms with Gasteiger partial charge in [-0.05, 0) is 13.5 Å². The smallest absolute Gasteiger partial charge is 0.398 e. The molecular formula is C10H20O3Si. The van der Waals surface area contributed by atoms with Crippen LogP contribution in [0.1, 0.15) is 26.7 Å². The molecule has 0 aromatic rings. The standard InChI is InChI=1S/C10H20O3Si/c1-6-7-8-14(5,12-4)13-10(11)9(2)3/h2,6-8H2,1,3-5H3. The normalized spacial score (nSPS) is 14.6. The van der Waals surface area contributed by atoms with E-state index in [1.807, 2.05) is 6.55 Å². The van der Waals surface area contributed by atoms with Crippen LogP contribution >= 0.6 is 0 Å². The van der Waals surface area contributed by atoms with Crippen molar-refractivity contribution in [3.63, 3.8) is 0 Å². The number of rotatable bonds is 6. The SMILES string of the molecule is C=C(C)C(=O)O[Si](C)(CCCC)OC. The Bertz CT molecular complexity index is 215. The van der Waals surface area contributed by atoms with E-state index < -0.39 is 8.56 Å².